The Morgan fingerprint density at radius 2 is 1.88 bits per heavy atom. The number of anilines is 2. The first-order valence-corrected chi connectivity index (χ1v) is 13.3. The maximum absolute atomic E-state index is 14.0. The third-order valence-electron chi connectivity index (χ3n) is 8.07. The van der Waals surface area contributed by atoms with E-state index in [1.165, 1.54) is 11.2 Å². The number of aromatic nitrogens is 4. The lowest BCUT2D eigenvalue weighted by Gasteiger charge is -2.31. The minimum atomic E-state index is -4.58. The Kier molecular flexibility index (Phi) is 6.88. The zero-order chi connectivity index (χ0) is 30.0. The monoisotopic (exact) mass is 587 g/mol. The molecule has 1 aliphatic heterocycles. The van der Waals surface area contributed by atoms with Crippen LogP contribution in [-0.4, -0.2) is 48.3 Å². The highest BCUT2D eigenvalue weighted by Crippen LogP contribution is 2.42. The number of nitrogens with zero attached hydrogens (tertiary/aromatic N) is 5. The van der Waals surface area contributed by atoms with E-state index in [1.54, 1.807) is 30.5 Å². The summed E-state index contributed by atoms with van der Waals surface area (Å²) in [5.41, 5.74) is 6.49. The van der Waals surface area contributed by atoms with Gasteiger partial charge in [0.15, 0.2) is 0 Å². The second-order valence-corrected chi connectivity index (χ2v) is 11.6. The number of hydrogen-bond donors (Lipinski definition) is 2. The van der Waals surface area contributed by atoms with Crippen LogP contribution in [0.2, 0.25) is 5.15 Å². The summed E-state index contributed by atoms with van der Waals surface area (Å²) in [5, 5.41) is 3.46. The highest BCUT2D eigenvalue weighted by Gasteiger charge is 2.49. The summed E-state index contributed by atoms with van der Waals surface area (Å²) in [5.74, 6) is -0.497. The fourth-order valence-corrected chi connectivity index (χ4v) is 5.82. The first-order valence-electron chi connectivity index (χ1n) is 13.0. The number of fused-ring (bicyclic) bond motifs is 3. The van der Waals surface area contributed by atoms with Gasteiger partial charge in [-0.2, -0.15) is 13.2 Å². The first kappa shape index (κ1) is 28.6. The van der Waals surface area contributed by atoms with E-state index in [0.29, 0.717) is 28.9 Å². The van der Waals surface area contributed by atoms with Crippen molar-refractivity contribution in [2.24, 2.45) is 5.41 Å². The van der Waals surface area contributed by atoms with Gasteiger partial charge in [-0.3, -0.25) is 9.59 Å². The Bertz CT molecular complexity index is 1720. The van der Waals surface area contributed by atoms with E-state index in [1.807, 2.05) is 20.8 Å². The minimum absolute atomic E-state index is 0.00208. The average molecular weight is 588 g/mol. The van der Waals surface area contributed by atoms with Crippen molar-refractivity contribution in [1.29, 1.82) is 0 Å². The van der Waals surface area contributed by atoms with Gasteiger partial charge in [0.1, 0.15) is 41.3 Å². The molecule has 9 nitrogen and oxygen atoms in total. The minimum Gasteiger partial charge on any atom is -0.383 e. The number of carbonyl (C=O) groups excluding carboxylic acids is 2. The molecule has 1 aromatic carbocycles. The molecule has 216 valence electrons. The van der Waals surface area contributed by atoms with Gasteiger partial charge >= 0.3 is 6.18 Å². The largest absolute Gasteiger partial charge is 0.416 e. The van der Waals surface area contributed by atoms with Crippen molar-refractivity contribution < 1.29 is 22.8 Å². The molecule has 0 radical (unpaired) electrons. The summed E-state index contributed by atoms with van der Waals surface area (Å²) in [4.78, 5) is 41.6. The van der Waals surface area contributed by atoms with Crippen LogP contribution in [0.15, 0.2) is 30.6 Å². The van der Waals surface area contributed by atoms with Crippen molar-refractivity contribution in [3.63, 3.8) is 0 Å². The van der Waals surface area contributed by atoms with Crippen molar-refractivity contribution in [3.8, 4) is 0 Å². The number of likely N-dealkylation sites (tertiary alicyclic amines) is 1. The van der Waals surface area contributed by atoms with E-state index in [9.17, 15) is 22.8 Å². The van der Waals surface area contributed by atoms with Gasteiger partial charge in [-0.05, 0) is 61.9 Å². The van der Waals surface area contributed by atoms with Gasteiger partial charge in [0.2, 0.25) is 11.8 Å². The summed E-state index contributed by atoms with van der Waals surface area (Å²) >= 11 is 6.03. The lowest BCUT2D eigenvalue weighted by Crippen LogP contribution is -2.48. The number of rotatable bonds is 4. The van der Waals surface area contributed by atoms with Crippen LogP contribution in [-0.2, 0) is 22.3 Å². The number of amides is 2. The third-order valence-corrected chi connectivity index (χ3v) is 8.28. The second kappa shape index (κ2) is 9.86. The third kappa shape index (κ3) is 4.94. The zero-order valence-corrected chi connectivity index (χ0v) is 23.9. The first-order chi connectivity index (χ1) is 19.1. The van der Waals surface area contributed by atoms with Gasteiger partial charge in [0.05, 0.1) is 16.5 Å². The molecule has 0 spiro atoms. The Hall–Kier alpha value is -3.93. The van der Waals surface area contributed by atoms with Crippen molar-refractivity contribution in [3.05, 3.63) is 52.4 Å². The summed E-state index contributed by atoms with van der Waals surface area (Å²) < 4.78 is 42.6. The van der Waals surface area contributed by atoms with Crippen molar-refractivity contribution >= 4 is 57.0 Å². The Morgan fingerprint density at radius 3 is 2.56 bits per heavy atom. The molecule has 1 aliphatic rings. The quantitative estimate of drug-likeness (QED) is 0.304. The number of nitrogens with two attached hydrogens (primary N) is 1. The molecule has 4 heterocycles. The predicted octanol–water partition coefficient (Wildman–Crippen LogP) is 5.51. The fourth-order valence-electron chi connectivity index (χ4n) is 5.68. The maximum atomic E-state index is 14.0. The van der Waals surface area contributed by atoms with Gasteiger partial charge < -0.3 is 20.5 Å². The summed E-state index contributed by atoms with van der Waals surface area (Å²) in [6.07, 6.45) is -2.99. The Labute approximate surface area is 238 Å². The number of nitrogens with one attached hydrogen (secondary N) is 1. The smallest absolute Gasteiger partial charge is 0.383 e. The molecule has 1 saturated heterocycles. The normalized spacial score (nSPS) is 18.8. The van der Waals surface area contributed by atoms with E-state index in [4.69, 9.17) is 17.3 Å². The van der Waals surface area contributed by atoms with E-state index in [2.05, 4.69) is 20.3 Å². The van der Waals surface area contributed by atoms with Crippen molar-refractivity contribution in [2.75, 3.05) is 11.1 Å². The number of hydrogen-bond acceptors (Lipinski definition) is 6. The molecular formula is C28H29ClF3N7O2. The summed E-state index contributed by atoms with van der Waals surface area (Å²) in [7, 11) is 0. The summed E-state index contributed by atoms with van der Waals surface area (Å²) in [6.45, 7) is 8.88. The van der Waals surface area contributed by atoms with Crippen LogP contribution >= 0.6 is 11.6 Å². The Morgan fingerprint density at radius 1 is 1.17 bits per heavy atom. The van der Waals surface area contributed by atoms with E-state index in [-0.39, 0.29) is 40.0 Å². The van der Waals surface area contributed by atoms with Crippen LogP contribution in [0.3, 0.4) is 0 Å². The standard InChI is InChI=1S/C28H29ClF3N7O2/c1-13-6-7-19(29)36-24(13)37-26(41)18-10-27(4,5)15(3)39(18)20(40)11-38-22-14(2)8-16(28(30,31)32)9-17(22)21-23(33)34-12-35-25(21)38/h6-9,12,15,18H,10-11H2,1-5H3,(H2,33,34,35)(H,36,37,41)/t15-,18+/m1/s1. The van der Waals surface area contributed by atoms with Gasteiger partial charge in [-0.25, -0.2) is 15.0 Å². The van der Waals surface area contributed by atoms with Crippen LogP contribution in [0.4, 0.5) is 24.8 Å². The van der Waals surface area contributed by atoms with E-state index >= 15 is 0 Å². The van der Waals surface area contributed by atoms with Crippen molar-refractivity contribution in [2.45, 2.75) is 65.8 Å². The Balaban J connectivity index is 1.57. The zero-order valence-electron chi connectivity index (χ0n) is 23.1. The van der Waals surface area contributed by atoms with Gasteiger partial charge in [-0.15, -0.1) is 0 Å². The molecule has 0 bridgehead atoms. The SMILES string of the molecule is Cc1ccc(Cl)nc1NC(=O)[C@@H]1CC(C)(C)[C@@H](C)N1C(=O)Cn1c2ncnc(N)c2c2cc(C(F)(F)F)cc(C)c21. The fraction of sp³-hybridized carbons (Fsp3) is 0.393. The van der Waals surface area contributed by atoms with E-state index in [0.717, 1.165) is 12.1 Å². The average Bonchev–Trinajstić information content (AvgIpc) is 3.32. The highest BCUT2D eigenvalue weighted by atomic mass is 35.5. The molecule has 13 heteroatoms. The number of nitrogen functional groups attached to an aromatic ring is 1. The van der Waals surface area contributed by atoms with Gasteiger partial charge in [0.25, 0.3) is 0 Å². The van der Waals surface area contributed by atoms with Crippen LogP contribution in [0.1, 0.15) is 43.9 Å². The molecule has 1 fully saturated rings. The molecule has 2 amide bonds. The van der Waals surface area contributed by atoms with Crippen LogP contribution in [0, 0.1) is 19.3 Å². The number of halogens is 4. The molecule has 3 aromatic heterocycles. The molecule has 0 unspecified atom stereocenters. The topological polar surface area (TPSA) is 119 Å². The number of aryl methyl sites for hydroxylation is 2. The molecule has 0 saturated carbocycles. The van der Waals surface area contributed by atoms with E-state index < -0.39 is 35.0 Å². The number of pyridine rings is 1. The number of alkyl halides is 3. The molecule has 2 atom stereocenters. The van der Waals surface area contributed by atoms with Gasteiger partial charge in [0, 0.05) is 11.4 Å². The molecule has 3 N–H and O–H groups in total. The maximum Gasteiger partial charge on any atom is 0.416 e. The second-order valence-electron chi connectivity index (χ2n) is 11.2. The van der Waals surface area contributed by atoms with Crippen LogP contribution < -0.4 is 11.1 Å². The van der Waals surface area contributed by atoms with Crippen molar-refractivity contribution in [1.82, 2.24) is 24.4 Å². The molecule has 0 aliphatic carbocycles. The number of benzene rings is 1. The van der Waals surface area contributed by atoms with Crippen LogP contribution in [0.5, 0.6) is 0 Å². The molecule has 41 heavy (non-hydrogen) atoms. The lowest BCUT2D eigenvalue weighted by atomic mass is 9.84. The molecular weight excluding hydrogens is 559 g/mol. The highest BCUT2D eigenvalue weighted by molar-refractivity contribution is 6.29. The number of carbonyl (C=O) groups is 2. The predicted molar refractivity (Wildman–Crippen MR) is 150 cm³/mol. The summed E-state index contributed by atoms with van der Waals surface area (Å²) in [6, 6.07) is 4.23. The van der Waals surface area contributed by atoms with Crippen LogP contribution in [0.25, 0.3) is 21.9 Å². The molecule has 4 aromatic rings. The van der Waals surface area contributed by atoms with Gasteiger partial charge in [-0.1, -0.05) is 31.5 Å². The molecule has 5 rings (SSSR count). The lowest BCUT2D eigenvalue weighted by molar-refractivity contribution is -0.139.